The van der Waals surface area contributed by atoms with Crippen LogP contribution in [0.1, 0.15) is 12.0 Å². The Bertz CT molecular complexity index is 283. The van der Waals surface area contributed by atoms with Crippen LogP contribution in [0.15, 0.2) is 18.3 Å². The smallest absolute Gasteiger partial charge is 0.129 e. The third-order valence-corrected chi connectivity index (χ3v) is 3.89. The van der Waals surface area contributed by atoms with E-state index in [9.17, 15) is 0 Å². The third-order valence-electron chi connectivity index (χ3n) is 2.29. The highest BCUT2D eigenvalue weighted by atomic mass is 35.5. The largest absolute Gasteiger partial charge is 0.316 e. The van der Waals surface area contributed by atoms with Crippen molar-refractivity contribution in [1.29, 1.82) is 0 Å². The van der Waals surface area contributed by atoms with Gasteiger partial charge in [-0.1, -0.05) is 17.7 Å². The molecule has 2 rings (SSSR count). The normalized spacial score (nSPS) is 21.4. The zero-order chi connectivity index (χ0) is 9.80. The van der Waals surface area contributed by atoms with Gasteiger partial charge in [-0.3, -0.25) is 0 Å². The Balaban J connectivity index is 1.82. The van der Waals surface area contributed by atoms with Crippen molar-refractivity contribution < 1.29 is 0 Å². The van der Waals surface area contributed by atoms with Gasteiger partial charge in [-0.15, -0.1) is 0 Å². The lowest BCUT2D eigenvalue weighted by Crippen LogP contribution is -2.10. The first kappa shape index (κ1) is 10.3. The van der Waals surface area contributed by atoms with E-state index in [0.717, 1.165) is 24.1 Å². The summed E-state index contributed by atoms with van der Waals surface area (Å²) in [7, 11) is 0. The molecule has 0 radical (unpaired) electrons. The van der Waals surface area contributed by atoms with Crippen molar-refractivity contribution in [2.45, 2.75) is 17.4 Å². The van der Waals surface area contributed by atoms with E-state index in [2.05, 4.69) is 10.3 Å². The Morgan fingerprint density at radius 1 is 1.57 bits per heavy atom. The average Bonchev–Trinajstić information content (AvgIpc) is 2.70. The van der Waals surface area contributed by atoms with Gasteiger partial charge in [-0.25, -0.2) is 4.98 Å². The minimum Gasteiger partial charge on any atom is -0.316 e. The van der Waals surface area contributed by atoms with Gasteiger partial charge in [0.15, 0.2) is 0 Å². The molecule has 0 amide bonds. The standard InChI is InChI=1S/C10H13ClN2S/c11-10-2-1-8(5-13-10)7-14-9-3-4-12-6-9/h1-2,5,9,12H,3-4,6-7H2/t9-/m1/s1. The summed E-state index contributed by atoms with van der Waals surface area (Å²) in [6.07, 6.45) is 3.14. The fraction of sp³-hybridized carbons (Fsp3) is 0.500. The van der Waals surface area contributed by atoms with Crippen molar-refractivity contribution in [3.63, 3.8) is 0 Å². The average molecular weight is 229 g/mol. The van der Waals surface area contributed by atoms with Crippen LogP contribution in [0.3, 0.4) is 0 Å². The number of thioether (sulfide) groups is 1. The molecule has 1 saturated heterocycles. The molecule has 1 aromatic rings. The summed E-state index contributed by atoms with van der Waals surface area (Å²) in [4.78, 5) is 4.06. The van der Waals surface area contributed by atoms with Crippen LogP contribution in [0.5, 0.6) is 0 Å². The molecule has 14 heavy (non-hydrogen) atoms. The molecule has 0 aliphatic carbocycles. The van der Waals surface area contributed by atoms with Crippen molar-refractivity contribution in [3.8, 4) is 0 Å². The monoisotopic (exact) mass is 228 g/mol. The number of hydrogen-bond donors (Lipinski definition) is 1. The molecule has 0 saturated carbocycles. The van der Waals surface area contributed by atoms with Gasteiger partial charge in [0.05, 0.1) is 0 Å². The summed E-state index contributed by atoms with van der Waals surface area (Å²) >= 11 is 7.71. The molecule has 1 aliphatic rings. The van der Waals surface area contributed by atoms with Crippen molar-refractivity contribution in [2.75, 3.05) is 13.1 Å². The Morgan fingerprint density at radius 2 is 2.50 bits per heavy atom. The van der Waals surface area contributed by atoms with E-state index >= 15 is 0 Å². The van der Waals surface area contributed by atoms with E-state index in [1.165, 1.54) is 12.0 Å². The van der Waals surface area contributed by atoms with Crippen LogP contribution in [0, 0.1) is 0 Å². The molecular formula is C10H13ClN2S. The lowest BCUT2D eigenvalue weighted by atomic mass is 10.3. The maximum Gasteiger partial charge on any atom is 0.129 e. The first-order chi connectivity index (χ1) is 6.84. The molecule has 2 nitrogen and oxygen atoms in total. The highest BCUT2D eigenvalue weighted by Gasteiger charge is 2.14. The van der Waals surface area contributed by atoms with E-state index in [1.807, 2.05) is 30.1 Å². The molecule has 1 N–H and O–H groups in total. The second-order valence-corrected chi connectivity index (χ2v) is 5.09. The minimum atomic E-state index is 0.571. The molecule has 1 aromatic heterocycles. The van der Waals surface area contributed by atoms with Gasteiger partial charge < -0.3 is 5.32 Å². The van der Waals surface area contributed by atoms with E-state index in [4.69, 9.17) is 11.6 Å². The maximum absolute atomic E-state index is 5.71. The fourth-order valence-electron chi connectivity index (χ4n) is 1.48. The Morgan fingerprint density at radius 3 is 3.14 bits per heavy atom. The number of nitrogens with one attached hydrogen (secondary N) is 1. The van der Waals surface area contributed by atoms with Gasteiger partial charge in [-0.2, -0.15) is 11.8 Å². The van der Waals surface area contributed by atoms with Crippen LogP contribution in [0.2, 0.25) is 5.15 Å². The summed E-state index contributed by atoms with van der Waals surface area (Å²) in [5.41, 5.74) is 1.26. The molecule has 0 spiro atoms. The lowest BCUT2D eigenvalue weighted by molar-refractivity contribution is 0.858. The van der Waals surface area contributed by atoms with Gasteiger partial charge >= 0.3 is 0 Å². The summed E-state index contributed by atoms with van der Waals surface area (Å²) < 4.78 is 0. The van der Waals surface area contributed by atoms with Crippen molar-refractivity contribution in [1.82, 2.24) is 10.3 Å². The van der Waals surface area contributed by atoms with E-state index < -0.39 is 0 Å². The van der Waals surface area contributed by atoms with Crippen LogP contribution >= 0.6 is 23.4 Å². The van der Waals surface area contributed by atoms with Gasteiger partial charge in [-0.05, 0) is 24.6 Å². The Labute approximate surface area is 93.4 Å². The molecule has 1 aliphatic heterocycles. The summed E-state index contributed by atoms with van der Waals surface area (Å²) in [6, 6.07) is 3.90. The first-order valence-corrected chi connectivity index (χ1v) is 6.20. The summed E-state index contributed by atoms with van der Waals surface area (Å²) in [5.74, 6) is 1.04. The van der Waals surface area contributed by atoms with Crippen molar-refractivity contribution in [2.24, 2.45) is 0 Å². The molecule has 76 valence electrons. The number of rotatable bonds is 3. The second-order valence-electron chi connectivity index (χ2n) is 3.41. The highest BCUT2D eigenvalue weighted by Crippen LogP contribution is 2.22. The molecule has 0 unspecified atom stereocenters. The van der Waals surface area contributed by atoms with Gasteiger partial charge in [0.1, 0.15) is 5.15 Å². The molecule has 0 bridgehead atoms. The summed E-state index contributed by atoms with van der Waals surface area (Å²) in [5, 5.41) is 4.70. The molecule has 1 fully saturated rings. The van der Waals surface area contributed by atoms with E-state index in [0.29, 0.717) is 5.15 Å². The number of pyridine rings is 1. The van der Waals surface area contributed by atoms with Crippen molar-refractivity contribution >= 4 is 23.4 Å². The van der Waals surface area contributed by atoms with Crippen molar-refractivity contribution in [3.05, 3.63) is 29.0 Å². The predicted octanol–water partition coefficient (Wildman–Crippen LogP) is 2.33. The lowest BCUT2D eigenvalue weighted by Gasteiger charge is -2.07. The Hall–Kier alpha value is -0.250. The van der Waals surface area contributed by atoms with Crippen LogP contribution in [0.4, 0.5) is 0 Å². The molecule has 4 heteroatoms. The minimum absolute atomic E-state index is 0.571. The summed E-state index contributed by atoms with van der Waals surface area (Å²) in [6.45, 7) is 2.31. The molecular weight excluding hydrogens is 216 g/mol. The maximum atomic E-state index is 5.71. The highest BCUT2D eigenvalue weighted by molar-refractivity contribution is 7.99. The topological polar surface area (TPSA) is 24.9 Å². The van der Waals surface area contributed by atoms with Crippen LogP contribution in [0.25, 0.3) is 0 Å². The molecule has 1 atom stereocenters. The van der Waals surface area contributed by atoms with Crippen LogP contribution in [-0.2, 0) is 5.75 Å². The zero-order valence-electron chi connectivity index (χ0n) is 7.87. The number of halogens is 1. The zero-order valence-corrected chi connectivity index (χ0v) is 9.44. The van der Waals surface area contributed by atoms with Gasteiger partial charge in [0.2, 0.25) is 0 Å². The van der Waals surface area contributed by atoms with E-state index in [1.54, 1.807) is 0 Å². The van der Waals surface area contributed by atoms with Gasteiger partial charge in [0, 0.05) is 23.7 Å². The number of hydrogen-bond acceptors (Lipinski definition) is 3. The van der Waals surface area contributed by atoms with Crippen LogP contribution < -0.4 is 5.32 Å². The SMILES string of the molecule is Clc1ccc(CS[C@@H]2CCNC2)cn1. The molecule has 2 heterocycles. The number of aromatic nitrogens is 1. The van der Waals surface area contributed by atoms with Gasteiger partial charge in [0.25, 0.3) is 0 Å². The fourth-order valence-corrected chi connectivity index (χ4v) is 2.71. The third kappa shape index (κ3) is 2.87. The second kappa shape index (κ2) is 5.01. The quantitative estimate of drug-likeness (QED) is 0.804. The Kier molecular flexibility index (Phi) is 3.67. The van der Waals surface area contributed by atoms with E-state index in [-0.39, 0.29) is 0 Å². The first-order valence-electron chi connectivity index (χ1n) is 4.77. The van der Waals surface area contributed by atoms with Crippen LogP contribution in [-0.4, -0.2) is 23.3 Å². The predicted molar refractivity (Wildman–Crippen MR) is 61.8 cm³/mol. The molecule has 0 aromatic carbocycles. The number of nitrogens with zero attached hydrogens (tertiary/aromatic N) is 1.